The zero-order chi connectivity index (χ0) is 19.5. The van der Waals surface area contributed by atoms with Crippen LogP contribution in [0.3, 0.4) is 0 Å². The maximum atomic E-state index is 12.5. The summed E-state index contributed by atoms with van der Waals surface area (Å²) >= 11 is 0. The molecule has 0 spiro atoms. The molecule has 3 aromatic rings. The zero-order valence-electron chi connectivity index (χ0n) is 15.8. The van der Waals surface area contributed by atoms with Gasteiger partial charge in [-0.25, -0.2) is 0 Å². The lowest BCUT2D eigenvalue weighted by atomic mass is 10.1. The molecule has 4 rings (SSSR count). The van der Waals surface area contributed by atoms with Crippen molar-refractivity contribution in [3.05, 3.63) is 78.1 Å². The molecular weight excluding hydrogens is 350 g/mol. The van der Waals surface area contributed by atoms with E-state index in [1.807, 2.05) is 78.5 Å². The zero-order valence-corrected chi connectivity index (χ0v) is 15.8. The van der Waals surface area contributed by atoms with E-state index in [4.69, 9.17) is 0 Å². The Balaban J connectivity index is 1.39. The summed E-state index contributed by atoms with van der Waals surface area (Å²) in [7, 11) is 0. The van der Waals surface area contributed by atoms with Gasteiger partial charge in [0, 0.05) is 35.4 Å². The van der Waals surface area contributed by atoms with Crippen LogP contribution in [-0.2, 0) is 16.0 Å². The molecule has 0 saturated heterocycles. The lowest BCUT2D eigenvalue weighted by Gasteiger charge is -2.12. The molecule has 142 valence electrons. The highest BCUT2D eigenvalue weighted by Crippen LogP contribution is 2.30. The van der Waals surface area contributed by atoms with E-state index in [1.165, 1.54) is 0 Å². The van der Waals surface area contributed by atoms with Gasteiger partial charge in [-0.15, -0.1) is 0 Å². The van der Waals surface area contributed by atoms with E-state index in [2.05, 4.69) is 10.6 Å². The van der Waals surface area contributed by atoms with Crippen LogP contribution in [0.1, 0.15) is 24.0 Å². The predicted molar refractivity (Wildman–Crippen MR) is 111 cm³/mol. The number of amides is 2. The number of hydrogen-bond acceptors (Lipinski definition) is 2. The molecular formula is C23H23N3O2. The number of carbonyl (C=O) groups is 2. The summed E-state index contributed by atoms with van der Waals surface area (Å²) < 4.78 is 2.02. The Morgan fingerprint density at radius 2 is 1.71 bits per heavy atom. The highest BCUT2D eigenvalue weighted by molar-refractivity contribution is 5.96. The molecule has 1 aliphatic rings. The molecule has 1 fully saturated rings. The molecule has 1 heterocycles. The molecule has 2 N–H and O–H groups in total. The van der Waals surface area contributed by atoms with Gasteiger partial charge in [-0.05, 0) is 67.3 Å². The monoisotopic (exact) mass is 373 g/mol. The van der Waals surface area contributed by atoms with E-state index in [0.29, 0.717) is 12.1 Å². The summed E-state index contributed by atoms with van der Waals surface area (Å²) in [5.74, 6) is 0.125. The minimum absolute atomic E-state index is 0.0592. The van der Waals surface area contributed by atoms with E-state index < -0.39 is 0 Å². The van der Waals surface area contributed by atoms with Gasteiger partial charge in [0.1, 0.15) is 0 Å². The molecule has 2 amide bonds. The summed E-state index contributed by atoms with van der Waals surface area (Å²) in [4.78, 5) is 24.4. The smallest absolute Gasteiger partial charge is 0.228 e. The van der Waals surface area contributed by atoms with E-state index in [9.17, 15) is 9.59 Å². The summed E-state index contributed by atoms with van der Waals surface area (Å²) in [5.41, 5.74) is 4.41. The van der Waals surface area contributed by atoms with E-state index >= 15 is 0 Å². The second-order valence-electron chi connectivity index (χ2n) is 7.27. The lowest BCUT2D eigenvalue weighted by Crippen LogP contribution is -2.16. The van der Waals surface area contributed by atoms with Crippen LogP contribution in [0.2, 0.25) is 0 Å². The van der Waals surface area contributed by atoms with Gasteiger partial charge in [-0.2, -0.15) is 0 Å². The first kappa shape index (κ1) is 18.0. The van der Waals surface area contributed by atoms with Crippen molar-refractivity contribution < 1.29 is 9.59 Å². The van der Waals surface area contributed by atoms with Crippen LogP contribution < -0.4 is 10.6 Å². The molecule has 1 saturated carbocycles. The Kier molecular flexibility index (Phi) is 4.98. The molecule has 5 heteroatoms. The first-order valence-corrected chi connectivity index (χ1v) is 9.52. The van der Waals surface area contributed by atoms with Crippen molar-refractivity contribution in [3.8, 4) is 5.69 Å². The summed E-state index contributed by atoms with van der Waals surface area (Å²) in [6.45, 7) is 1.94. The maximum Gasteiger partial charge on any atom is 0.228 e. The number of carbonyl (C=O) groups excluding carboxylic acids is 2. The standard InChI is InChI=1S/C23H23N3O2/c1-16-4-9-19(24-23(28)18-7-8-18)15-21(16)25-22(27)14-17-5-10-20(11-6-17)26-12-2-3-13-26/h2-6,9-13,15,18H,7-8,14H2,1H3,(H,24,28)(H,25,27). The van der Waals surface area contributed by atoms with Gasteiger partial charge in [0.25, 0.3) is 0 Å². The number of rotatable bonds is 6. The van der Waals surface area contributed by atoms with Crippen LogP contribution in [0, 0.1) is 12.8 Å². The van der Waals surface area contributed by atoms with Crippen molar-refractivity contribution in [1.82, 2.24) is 4.57 Å². The van der Waals surface area contributed by atoms with Gasteiger partial charge in [0.15, 0.2) is 0 Å². The largest absolute Gasteiger partial charge is 0.326 e. The number of anilines is 2. The van der Waals surface area contributed by atoms with Crippen molar-refractivity contribution in [3.63, 3.8) is 0 Å². The molecule has 1 aliphatic carbocycles. The van der Waals surface area contributed by atoms with Crippen molar-refractivity contribution >= 4 is 23.2 Å². The van der Waals surface area contributed by atoms with Crippen molar-refractivity contribution in [2.45, 2.75) is 26.2 Å². The van der Waals surface area contributed by atoms with Crippen molar-refractivity contribution in [2.75, 3.05) is 10.6 Å². The topological polar surface area (TPSA) is 63.1 Å². The van der Waals surface area contributed by atoms with Gasteiger partial charge in [0.2, 0.25) is 11.8 Å². The summed E-state index contributed by atoms with van der Waals surface area (Å²) in [5, 5.41) is 5.89. The first-order chi connectivity index (χ1) is 13.6. The first-order valence-electron chi connectivity index (χ1n) is 9.52. The normalized spacial score (nSPS) is 13.2. The van der Waals surface area contributed by atoms with Crippen molar-refractivity contribution in [1.29, 1.82) is 0 Å². The van der Waals surface area contributed by atoms with E-state index in [1.54, 1.807) is 0 Å². The van der Waals surface area contributed by atoms with Crippen LogP contribution in [0.15, 0.2) is 67.0 Å². The van der Waals surface area contributed by atoms with Crippen LogP contribution in [-0.4, -0.2) is 16.4 Å². The fourth-order valence-electron chi connectivity index (χ4n) is 3.10. The third-order valence-corrected chi connectivity index (χ3v) is 4.93. The summed E-state index contributed by atoms with van der Waals surface area (Å²) in [6.07, 6.45) is 6.19. The van der Waals surface area contributed by atoms with Crippen LogP contribution in [0.4, 0.5) is 11.4 Å². The Labute approximate surface area is 164 Å². The molecule has 2 aromatic carbocycles. The van der Waals surface area contributed by atoms with E-state index in [0.717, 1.165) is 35.3 Å². The average molecular weight is 373 g/mol. The predicted octanol–water partition coefficient (Wildman–Crippen LogP) is 4.32. The third-order valence-electron chi connectivity index (χ3n) is 4.93. The van der Waals surface area contributed by atoms with Crippen LogP contribution in [0.25, 0.3) is 5.69 Å². The van der Waals surface area contributed by atoms with Gasteiger partial charge in [-0.3, -0.25) is 9.59 Å². The number of nitrogens with zero attached hydrogens (tertiary/aromatic N) is 1. The highest BCUT2D eigenvalue weighted by Gasteiger charge is 2.29. The molecule has 0 aliphatic heterocycles. The molecule has 28 heavy (non-hydrogen) atoms. The number of hydrogen-bond donors (Lipinski definition) is 2. The molecule has 0 atom stereocenters. The third kappa shape index (κ3) is 4.31. The number of aryl methyl sites for hydroxylation is 1. The molecule has 0 radical (unpaired) electrons. The second kappa shape index (κ2) is 7.72. The quantitative estimate of drug-likeness (QED) is 0.676. The lowest BCUT2D eigenvalue weighted by molar-refractivity contribution is -0.117. The van der Waals surface area contributed by atoms with Crippen molar-refractivity contribution in [2.24, 2.45) is 5.92 Å². The fraction of sp³-hybridized carbons (Fsp3) is 0.217. The van der Waals surface area contributed by atoms with E-state index in [-0.39, 0.29) is 17.7 Å². The number of aromatic nitrogens is 1. The Morgan fingerprint density at radius 3 is 2.39 bits per heavy atom. The number of nitrogens with one attached hydrogen (secondary N) is 2. The van der Waals surface area contributed by atoms with Crippen LogP contribution >= 0.6 is 0 Å². The molecule has 1 aromatic heterocycles. The Hall–Kier alpha value is -3.34. The highest BCUT2D eigenvalue weighted by atomic mass is 16.2. The van der Waals surface area contributed by atoms with Crippen LogP contribution in [0.5, 0.6) is 0 Å². The second-order valence-corrected chi connectivity index (χ2v) is 7.27. The average Bonchev–Trinajstić information content (AvgIpc) is 3.40. The number of benzene rings is 2. The Bertz CT molecular complexity index is 987. The molecule has 5 nitrogen and oxygen atoms in total. The Morgan fingerprint density at radius 1 is 1.00 bits per heavy atom. The SMILES string of the molecule is Cc1ccc(NC(=O)C2CC2)cc1NC(=O)Cc1ccc(-n2cccc2)cc1. The maximum absolute atomic E-state index is 12.5. The van der Waals surface area contributed by atoms with Gasteiger partial charge < -0.3 is 15.2 Å². The molecule has 0 bridgehead atoms. The van der Waals surface area contributed by atoms with Gasteiger partial charge in [-0.1, -0.05) is 18.2 Å². The fourth-order valence-corrected chi connectivity index (χ4v) is 3.10. The van der Waals surface area contributed by atoms with Gasteiger partial charge >= 0.3 is 0 Å². The van der Waals surface area contributed by atoms with Gasteiger partial charge in [0.05, 0.1) is 6.42 Å². The minimum Gasteiger partial charge on any atom is -0.326 e. The molecule has 0 unspecified atom stereocenters. The minimum atomic E-state index is -0.0810. The summed E-state index contributed by atoms with van der Waals surface area (Å²) in [6, 6.07) is 17.5.